The third-order valence-electron chi connectivity index (χ3n) is 1.85. The van der Waals surface area contributed by atoms with Crippen LogP contribution >= 0.6 is 23.2 Å². The van der Waals surface area contributed by atoms with Gasteiger partial charge in [-0.05, 0) is 12.1 Å². The van der Waals surface area contributed by atoms with E-state index in [1.54, 1.807) is 0 Å². The number of rotatable bonds is 4. The fraction of sp³-hybridized carbons (Fsp3) is 0.222. The molecule has 0 atom stereocenters. The second-order valence-corrected chi connectivity index (χ2v) is 6.00. The number of carboxylic acid groups (broad SMARTS) is 1. The average Bonchev–Trinajstić information content (AvgIpc) is 2.14. The van der Waals surface area contributed by atoms with Crippen molar-refractivity contribution in [2.45, 2.75) is 4.90 Å². The Hall–Kier alpha value is -0.980. The lowest BCUT2D eigenvalue weighted by Crippen LogP contribution is -2.13. The van der Waals surface area contributed by atoms with Gasteiger partial charge in [-0.15, -0.1) is 0 Å². The topological polar surface area (TPSA) is 83.5 Å². The van der Waals surface area contributed by atoms with E-state index in [0.717, 1.165) is 6.26 Å². The van der Waals surface area contributed by atoms with Crippen LogP contribution in [0.2, 0.25) is 10.0 Å². The predicted molar refractivity (Wildman–Crippen MR) is 65.7 cm³/mol. The zero-order valence-corrected chi connectivity index (χ0v) is 11.0. The van der Waals surface area contributed by atoms with Crippen molar-refractivity contribution >= 4 is 44.7 Å². The molecule has 0 radical (unpaired) electrons. The normalized spacial score (nSPS) is 11.2. The molecule has 0 amide bonds. The van der Waals surface area contributed by atoms with Gasteiger partial charge < -0.3 is 10.4 Å². The van der Waals surface area contributed by atoms with Crippen molar-refractivity contribution < 1.29 is 18.3 Å². The molecular weight excluding hydrogens is 289 g/mol. The molecule has 8 heteroatoms. The Bertz CT molecular complexity index is 556. The van der Waals surface area contributed by atoms with Gasteiger partial charge in [0.15, 0.2) is 9.84 Å². The molecule has 0 aliphatic heterocycles. The van der Waals surface area contributed by atoms with Crippen LogP contribution in [0.25, 0.3) is 0 Å². The minimum absolute atomic E-state index is 0.00150. The van der Waals surface area contributed by atoms with Crippen LogP contribution in [-0.2, 0) is 14.6 Å². The lowest BCUT2D eigenvalue weighted by Gasteiger charge is -2.10. The van der Waals surface area contributed by atoms with Crippen LogP contribution in [0, 0.1) is 0 Å². The van der Waals surface area contributed by atoms with Gasteiger partial charge in [0.2, 0.25) is 0 Å². The maximum atomic E-state index is 11.5. The van der Waals surface area contributed by atoms with E-state index < -0.39 is 15.8 Å². The third kappa shape index (κ3) is 3.49. The molecule has 1 aromatic carbocycles. The molecule has 94 valence electrons. The Balaban J connectivity index is 3.25. The first-order valence-electron chi connectivity index (χ1n) is 4.37. The van der Waals surface area contributed by atoms with Gasteiger partial charge in [-0.2, -0.15) is 0 Å². The molecule has 0 saturated heterocycles. The molecule has 2 N–H and O–H groups in total. The first-order valence-corrected chi connectivity index (χ1v) is 7.02. The zero-order valence-electron chi connectivity index (χ0n) is 8.70. The summed E-state index contributed by atoms with van der Waals surface area (Å²) in [4.78, 5) is 10.2. The summed E-state index contributed by atoms with van der Waals surface area (Å²) in [5, 5.41) is 10.9. The highest BCUT2D eigenvalue weighted by atomic mass is 35.5. The number of halogens is 2. The van der Waals surface area contributed by atoms with Crippen molar-refractivity contribution in [2.24, 2.45) is 0 Å². The van der Waals surface area contributed by atoms with Crippen LogP contribution < -0.4 is 5.32 Å². The van der Waals surface area contributed by atoms with Crippen molar-refractivity contribution in [2.75, 3.05) is 18.1 Å². The summed E-state index contributed by atoms with van der Waals surface area (Å²) in [6, 6.07) is 2.76. The number of sulfone groups is 1. The second kappa shape index (κ2) is 5.12. The van der Waals surface area contributed by atoms with Gasteiger partial charge in [-0.3, -0.25) is 4.79 Å². The highest BCUT2D eigenvalue weighted by Crippen LogP contribution is 2.34. The molecule has 0 unspecified atom stereocenters. The minimum Gasteiger partial charge on any atom is -0.480 e. The quantitative estimate of drug-likeness (QED) is 0.887. The van der Waals surface area contributed by atoms with Crippen molar-refractivity contribution in [3.05, 3.63) is 22.2 Å². The zero-order chi connectivity index (χ0) is 13.2. The number of hydrogen-bond donors (Lipinski definition) is 2. The fourth-order valence-corrected chi connectivity index (χ4v) is 3.32. The molecule has 17 heavy (non-hydrogen) atoms. The minimum atomic E-state index is -3.58. The van der Waals surface area contributed by atoms with Gasteiger partial charge in [-0.25, -0.2) is 8.42 Å². The first-order chi connectivity index (χ1) is 7.73. The van der Waals surface area contributed by atoms with E-state index in [2.05, 4.69) is 5.32 Å². The molecular formula is C9H9Cl2NO4S. The third-order valence-corrected chi connectivity index (χ3v) is 3.95. The van der Waals surface area contributed by atoms with Crippen LogP contribution in [0.4, 0.5) is 5.69 Å². The first kappa shape index (κ1) is 14.1. The van der Waals surface area contributed by atoms with E-state index in [-0.39, 0.29) is 27.2 Å². The van der Waals surface area contributed by atoms with E-state index in [1.807, 2.05) is 0 Å². The molecule has 0 heterocycles. The molecule has 1 rings (SSSR count). The summed E-state index contributed by atoms with van der Waals surface area (Å²) in [5.41, 5.74) is 0.207. The summed E-state index contributed by atoms with van der Waals surface area (Å²) in [7, 11) is -3.58. The standard InChI is InChI=1S/C9H9Cl2NO4S/c1-17(15,16)9-5(10)2-3-6(8(9)11)12-4-7(13)14/h2-3,12H,4H2,1H3,(H,13,14). The molecule has 0 aromatic heterocycles. The van der Waals surface area contributed by atoms with Gasteiger partial charge in [0.25, 0.3) is 0 Å². The molecule has 0 saturated carbocycles. The van der Waals surface area contributed by atoms with E-state index in [1.165, 1.54) is 12.1 Å². The summed E-state index contributed by atoms with van der Waals surface area (Å²) < 4.78 is 22.9. The van der Waals surface area contributed by atoms with Crippen molar-refractivity contribution in [3.63, 3.8) is 0 Å². The monoisotopic (exact) mass is 297 g/mol. The molecule has 0 aliphatic carbocycles. The summed E-state index contributed by atoms with van der Waals surface area (Å²) >= 11 is 11.6. The number of hydrogen-bond acceptors (Lipinski definition) is 4. The number of carbonyl (C=O) groups is 1. The maximum Gasteiger partial charge on any atom is 0.322 e. The van der Waals surface area contributed by atoms with Crippen molar-refractivity contribution in [1.82, 2.24) is 0 Å². The van der Waals surface area contributed by atoms with Gasteiger partial charge in [0.1, 0.15) is 11.4 Å². The van der Waals surface area contributed by atoms with Gasteiger partial charge in [0.05, 0.1) is 15.7 Å². The van der Waals surface area contributed by atoms with Crippen LogP contribution in [0.15, 0.2) is 17.0 Å². The van der Waals surface area contributed by atoms with E-state index in [0.29, 0.717) is 0 Å². The number of carboxylic acids is 1. The Labute approximate surface area is 108 Å². The molecule has 1 aromatic rings. The summed E-state index contributed by atoms with van der Waals surface area (Å²) in [5.74, 6) is -1.09. The number of nitrogens with one attached hydrogen (secondary N) is 1. The van der Waals surface area contributed by atoms with Crippen molar-refractivity contribution in [1.29, 1.82) is 0 Å². The lowest BCUT2D eigenvalue weighted by molar-refractivity contribution is -0.134. The molecule has 5 nitrogen and oxygen atoms in total. The molecule has 0 bridgehead atoms. The second-order valence-electron chi connectivity index (χ2n) is 3.26. The average molecular weight is 298 g/mol. The number of benzene rings is 1. The summed E-state index contributed by atoms with van der Waals surface area (Å²) in [6.07, 6.45) is 0.973. The SMILES string of the molecule is CS(=O)(=O)c1c(Cl)ccc(NCC(=O)O)c1Cl. The van der Waals surface area contributed by atoms with Gasteiger partial charge >= 0.3 is 5.97 Å². The molecule has 0 fully saturated rings. The van der Waals surface area contributed by atoms with Crippen LogP contribution in [0.3, 0.4) is 0 Å². The summed E-state index contributed by atoms with van der Waals surface area (Å²) in [6.45, 7) is -0.370. The van der Waals surface area contributed by atoms with Crippen LogP contribution in [0.5, 0.6) is 0 Å². The van der Waals surface area contributed by atoms with Gasteiger partial charge in [0, 0.05) is 6.26 Å². The Morgan fingerprint density at radius 2 is 2.00 bits per heavy atom. The smallest absolute Gasteiger partial charge is 0.322 e. The Morgan fingerprint density at radius 1 is 1.41 bits per heavy atom. The highest BCUT2D eigenvalue weighted by molar-refractivity contribution is 7.91. The number of aliphatic carboxylic acids is 1. The predicted octanol–water partition coefficient (Wildman–Crippen LogP) is 1.89. The van der Waals surface area contributed by atoms with Gasteiger partial charge in [-0.1, -0.05) is 23.2 Å². The maximum absolute atomic E-state index is 11.5. The van der Waals surface area contributed by atoms with E-state index >= 15 is 0 Å². The molecule has 0 spiro atoms. The van der Waals surface area contributed by atoms with Crippen molar-refractivity contribution in [3.8, 4) is 0 Å². The fourth-order valence-electron chi connectivity index (χ4n) is 1.18. The highest BCUT2D eigenvalue weighted by Gasteiger charge is 2.19. The van der Waals surface area contributed by atoms with E-state index in [9.17, 15) is 13.2 Å². The Kier molecular flexibility index (Phi) is 4.24. The van der Waals surface area contributed by atoms with Crippen LogP contribution in [-0.4, -0.2) is 32.3 Å². The van der Waals surface area contributed by atoms with E-state index in [4.69, 9.17) is 28.3 Å². The Morgan fingerprint density at radius 3 is 2.47 bits per heavy atom. The lowest BCUT2D eigenvalue weighted by atomic mass is 10.3. The largest absolute Gasteiger partial charge is 0.480 e. The number of anilines is 1. The molecule has 0 aliphatic rings. The van der Waals surface area contributed by atoms with Crippen LogP contribution in [0.1, 0.15) is 0 Å².